The summed E-state index contributed by atoms with van der Waals surface area (Å²) in [5.41, 5.74) is 0.687. The Bertz CT molecular complexity index is 479. The summed E-state index contributed by atoms with van der Waals surface area (Å²) in [5, 5.41) is 14.0. The lowest BCUT2D eigenvalue weighted by molar-refractivity contribution is -0.385. The van der Waals surface area contributed by atoms with Crippen molar-refractivity contribution in [3.05, 3.63) is 28.3 Å². The fraction of sp³-hybridized carbons (Fsp3) is 0.500. The molecule has 1 N–H and O–H groups in total. The van der Waals surface area contributed by atoms with E-state index in [1.165, 1.54) is 13.2 Å². The number of methoxy groups -OCH3 is 1. The van der Waals surface area contributed by atoms with E-state index in [0.29, 0.717) is 5.75 Å². The Hall–Kier alpha value is -1.63. The van der Waals surface area contributed by atoms with Gasteiger partial charge in [0.2, 0.25) is 0 Å². The van der Waals surface area contributed by atoms with Gasteiger partial charge in [-0.3, -0.25) is 14.3 Å². The highest BCUT2D eigenvalue weighted by Gasteiger charge is 2.15. The predicted molar refractivity (Wildman–Crippen MR) is 76.3 cm³/mol. The van der Waals surface area contributed by atoms with Crippen LogP contribution in [0.3, 0.4) is 0 Å². The van der Waals surface area contributed by atoms with E-state index < -0.39 is 15.7 Å². The summed E-state index contributed by atoms with van der Waals surface area (Å²) in [7, 11) is 0.585. The van der Waals surface area contributed by atoms with Crippen molar-refractivity contribution in [3.63, 3.8) is 0 Å². The SMILES string of the molecule is COc1cc(NC(C)CCS(C)=O)ccc1[N+](=O)[O-]. The average molecular weight is 286 g/mol. The second kappa shape index (κ2) is 7.08. The Balaban J connectivity index is 2.74. The second-order valence-corrected chi connectivity index (χ2v) is 5.81. The Kier molecular flexibility index (Phi) is 5.75. The minimum Gasteiger partial charge on any atom is -0.490 e. The largest absolute Gasteiger partial charge is 0.490 e. The van der Waals surface area contributed by atoms with E-state index in [9.17, 15) is 14.3 Å². The van der Waals surface area contributed by atoms with Crippen LogP contribution in [-0.2, 0) is 10.8 Å². The molecule has 7 heteroatoms. The maximum atomic E-state index is 11.0. The number of nitro benzene ring substituents is 1. The third-order valence-corrected chi connectivity index (χ3v) is 3.44. The molecular formula is C12H18N2O4S. The van der Waals surface area contributed by atoms with Crippen LogP contribution in [0.2, 0.25) is 0 Å². The summed E-state index contributed by atoms with van der Waals surface area (Å²) in [5.74, 6) is 0.847. The van der Waals surface area contributed by atoms with Crippen molar-refractivity contribution >= 4 is 22.2 Å². The molecule has 0 radical (unpaired) electrons. The molecule has 0 aliphatic carbocycles. The number of nitrogens with zero attached hydrogens (tertiary/aromatic N) is 1. The molecule has 0 heterocycles. The number of nitro groups is 1. The van der Waals surface area contributed by atoms with Crippen LogP contribution in [0.5, 0.6) is 5.75 Å². The molecule has 0 aromatic heterocycles. The van der Waals surface area contributed by atoms with E-state index >= 15 is 0 Å². The van der Waals surface area contributed by atoms with Crippen LogP contribution in [0.1, 0.15) is 13.3 Å². The molecule has 1 aromatic rings. The fourth-order valence-corrected chi connectivity index (χ4v) is 2.30. The average Bonchev–Trinajstić information content (AvgIpc) is 2.35. The summed E-state index contributed by atoms with van der Waals surface area (Å²) in [4.78, 5) is 10.3. The monoisotopic (exact) mass is 286 g/mol. The van der Waals surface area contributed by atoms with E-state index in [-0.39, 0.29) is 17.5 Å². The first kappa shape index (κ1) is 15.4. The first-order chi connectivity index (χ1) is 8.93. The summed E-state index contributed by atoms with van der Waals surface area (Å²) in [6.45, 7) is 1.97. The lowest BCUT2D eigenvalue weighted by Gasteiger charge is -2.15. The highest BCUT2D eigenvalue weighted by molar-refractivity contribution is 7.84. The molecule has 0 bridgehead atoms. The van der Waals surface area contributed by atoms with E-state index in [2.05, 4.69) is 5.32 Å². The molecule has 0 saturated heterocycles. The molecule has 0 saturated carbocycles. The minimum absolute atomic E-state index is 0.0598. The summed E-state index contributed by atoms with van der Waals surface area (Å²) >= 11 is 0. The lowest BCUT2D eigenvalue weighted by Crippen LogP contribution is -2.17. The third-order valence-electron chi connectivity index (χ3n) is 2.63. The first-order valence-corrected chi connectivity index (χ1v) is 7.55. The molecule has 0 spiro atoms. The van der Waals surface area contributed by atoms with Crippen LogP contribution in [-0.4, -0.2) is 34.3 Å². The molecular weight excluding hydrogens is 268 g/mol. The van der Waals surface area contributed by atoms with E-state index in [0.717, 1.165) is 12.1 Å². The summed E-state index contributed by atoms with van der Waals surface area (Å²) < 4.78 is 16.0. The molecule has 0 fully saturated rings. The van der Waals surface area contributed by atoms with Crippen LogP contribution in [0.15, 0.2) is 18.2 Å². The fourth-order valence-electron chi connectivity index (χ4n) is 1.62. The Morgan fingerprint density at radius 3 is 2.74 bits per heavy atom. The Morgan fingerprint density at radius 2 is 2.21 bits per heavy atom. The van der Waals surface area contributed by atoms with Gasteiger partial charge in [0.15, 0.2) is 5.75 Å². The van der Waals surface area contributed by atoms with Gasteiger partial charge in [0.05, 0.1) is 12.0 Å². The number of hydrogen-bond acceptors (Lipinski definition) is 5. The van der Waals surface area contributed by atoms with Crippen LogP contribution in [0.4, 0.5) is 11.4 Å². The van der Waals surface area contributed by atoms with Gasteiger partial charge in [0.1, 0.15) is 0 Å². The number of nitrogens with one attached hydrogen (secondary N) is 1. The topological polar surface area (TPSA) is 81.5 Å². The molecule has 0 aliphatic heterocycles. The maximum absolute atomic E-state index is 11.0. The van der Waals surface area contributed by atoms with E-state index in [1.54, 1.807) is 18.4 Å². The zero-order valence-corrected chi connectivity index (χ0v) is 12.0. The van der Waals surface area contributed by atoms with Crippen LogP contribution in [0, 0.1) is 10.1 Å². The maximum Gasteiger partial charge on any atom is 0.311 e. The van der Waals surface area contributed by atoms with Gasteiger partial charge in [-0.2, -0.15) is 0 Å². The number of benzene rings is 1. The summed E-state index contributed by atoms with van der Waals surface area (Å²) in [6.07, 6.45) is 2.43. The van der Waals surface area contributed by atoms with Crippen LogP contribution >= 0.6 is 0 Å². The van der Waals surface area contributed by atoms with Gasteiger partial charge in [-0.15, -0.1) is 0 Å². The predicted octanol–water partition coefficient (Wildman–Crippen LogP) is 2.17. The van der Waals surface area contributed by atoms with Gasteiger partial charge in [0.25, 0.3) is 0 Å². The molecule has 6 nitrogen and oxygen atoms in total. The second-order valence-electron chi connectivity index (χ2n) is 4.26. The molecule has 106 valence electrons. The van der Waals surface area contributed by atoms with Gasteiger partial charge in [-0.05, 0) is 19.4 Å². The van der Waals surface area contributed by atoms with Crippen molar-refractivity contribution in [3.8, 4) is 5.75 Å². The van der Waals surface area contributed by atoms with Crippen LogP contribution in [0.25, 0.3) is 0 Å². The van der Waals surface area contributed by atoms with Crippen molar-refractivity contribution in [2.24, 2.45) is 0 Å². The van der Waals surface area contributed by atoms with Crippen LogP contribution < -0.4 is 10.1 Å². The molecule has 1 aromatic carbocycles. The Labute approximate surface area is 114 Å². The van der Waals surface area contributed by atoms with Crippen molar-refractivity contribution in [2.75, 3.05) is 24.4 Å². The number of ether oxygens (including phenoxy) is 1. The highest BCUT2D eigenvalue weighted by atomic mass is 32.2. The van der Waals surface area contributed by atoms with Gasteiger partial charge < -0.3 is 10.1 Å². The first-order valence-electron chi connectivity index (χ1n) is 5.83. The smallest absolute Gasteiger partial charge is 0.311 e. The standard InChI is InChI=1S/C12H18N2O4S/c1-9(6-7-19(3)17)13-10-4-5-11(14(15)16)12(8-10)18-2/h4-5,8-9,13H,6-7H2,1-3H3. The molecule has 0 amide bonds. The van der Waals surface area contributed by atoms with Crippen molar-refractivity contribution in [2.45, 2.75) is 19.4 Å². The quantitative estimate of drug-likeness (QED) is 0.613. The molecule has 0 aliphatic rings. The lowest BCUT2D eigenvalue weighted by atomic mass is 10.2. The summed E-state index contributed by atoms with van der Waals surface area (Å²) in [6, 6.07) is 4.78. The van der Waals surface area contributed by atoms with Crippen molar-refractivity contribution in [1.29, 1.82) is 0 Å². The highest BCUT2D eigenvalue weighted by Crippen LogP contribution is 2.29. The van der Waals surface area contributed by atoms with E-state index in [1.807, 2.05) is 6.92 Å². The molecule has 2 atom stereocenters. The van der Waals surface area contributed by atoms with Gasteiger partial charge in [0, 0.05) is 46.7 Å². The van der Waals surface area contributed by atoms with Gasteiger partial charge >= 0.3 is 5.69 Å². The van der Waals surface area contributed by atoms with Gasteiger partial charge in [-0.25, -0.2) is 0 Å². The number of rotatable bonds is 7. The van der Waals surface area contributed by atoms with Crippen molar-refractivity contribution in [1.82, 2.24) is 0 Å². The third kappa shape index (κ3) is 4.86. The normalized spacial score (nSPS) is 13.6. The molecule has 1 rings (SSSR count). The zero-order valence-electron chi connectivity index (χ0n) is 11.2. The minimum atomic E-state index is -0.814. The number of anilines is 1. The Morgan fingerprint density at radius 1 is 1.53 bits per heavy atom. The van der Waals surface area contributed by atoms with E-state index in [4.69, 9.17) is 4.74 Å². The molecule has 19 heavy (non-hydrogen) atoms. The zero-order chi connectivity index (χ0) is 14.4. The molecule has 2 unspecified atom stereocenters. The van der Waals surface area contributed by atoms with Crippen molar-refractivity contribution < 1.29 is 13.9 Å². The van der Waals surface area contributed by atoms with Gasteiger partial charge in [-0.1, -0.05) is 0 Å². The number of hydrogen-bond donors (Lipinski definition) is 1.